The maximum absolute atomic E-state index is 11.5. The highest BCUT2D eigenvalue weighted by Crippen LogP contribution is 2.09. The second-order valence-corrected chi connectivity index (χ2v) is 5.53. The van der Waals surface area contributed by atoms with Gasteiger partial charge in [0.2, 0.25) is 0 Å². The minimum absolute atomic E-state index is 0.347. The van der Waals surface area contributed by atoms with E-state index < -0.39 is 6.29 Å². The Hall–Kier alpha value is -1.92. The van der Waals surface area contributed by atoms with Crippen molar-refractivity contribution in [2.24, 2.45) is 0 Å². The van der Waals surface area contributed by atoms with Gasteiger partial charge in [0.1, 0.15) is 0 Å². The van der Waals surface area contributed by atoms with Crippen molar-refractivity contribution < 1.29 is 29.3 Å². The summed E-state index contributed by atoms with van der Waals surface area (Å²) in [5, 5.41) is 16.7. The van der Waals surface area contributed by atoms with Crippen molar-refractivity contribution >= 4 is 11.9 Å². The van der Waals surface area contributed by atoms with Gasteiger partial charge < -0.3 is 19.7 Å². The number of rotatable bonds is 4. The Morgan fingerprint density at radius 1 is 0.917 bits per heavy atom. The molecule has 6 heteroatoms. The minimum atomic E-state index is -1.10. The van der Waals surface area contributed by atoms with Crippen LogP contribution >= 0.6 is 0 Å². The predicted octanol–water partition coefficient (Wildman–Crippen LogP) is 2.67. The fourth-order valence-corrected chi connectivity index (χ4v) is 2.02. The fraction of sp³-hybridized carbons (Fsp3) is 0.556. The molecule has 0 saturated heterocycles. The van der Waals surface area contributed by atoms with Crippen molar-refractivity contribution in [3.63, 3.8) is 0 Å². The first-order valence-corrected chi connectivity index (χ1v) is 8.35. The smallest absolute Gasteiger partial charge is 0.338 e. The largest absolute Gasteiger partial charge is 0.462 e. The Balaban J connectivity index is 0.000000307. The molecule has 0 amide bonds. The van der Waals surface area contributed by atoms with Crippen LogP contribution in [0.15, 0.2) is 24.3 Å². The van der Waals surface area contributed by atoms with Gasteiger partial charge in [-0.1, -0.05) is 19.8 Å². The summed E-state index contributed by atoms with van der Waals surface area (Å²) in [5.74, 6) is -0.694. The standard InChI is InChI=1S/C12H12O4.C6H14O2/c13-11-9-3-5-10(6-4-9)12(14)16-8-2-1-7-15-11;1-2-3-4-5-6(7)8/h3-6H,1-2,7-8H2;6-8H,2-5H2,1H3. The zero-order valence-corrected chi connectivity index (χ0v) is 14.1. The summed E-state index contributed by atoms with van der Waals surface area (Å²) in [6, 6.07) is 6.28. The van der Waals surface area contributed by atoms with Crippen molar-refractivity contribution in [2.75, 3.05) is 13.2 Å². The Bertz CT molecular complexity index is 456. The molecule has 0 spiro atoms. The number of esters is 2. The quantitative estimate of drug-likeness (QED) is 0.498. The van der Waals surface area contributed by atoms with Crippen LogP contribution in [0.2, 0.25) is 0 Å². The van der Waals surface area contributed by atoms with E-state index in [2.05, 4.69) is 6.92 Å². The second kappa shape index (κ2) is 11.6. The summed E-state index contributed by atoms with van der Waals surface area (Å²) in [5.41, 5.74) is 0.911. The normalized spacial score (nSPS) is 14.8. The molecule has 1 aromatic carbocycles. The van der Waals surface area contributed by atoms with Gasteiger partial charge in [-0.3, -0.25) is 0 Å². The van der Waals surface area contributed by atoms with Crippen LogP contribution in [0.5, 0.6) is 0 Å². The van der Waals surface area contributed by atoms with Crippen molar-refractivity contribution in [1.82, 2.24) is 0 Å². The SMILES string of the molecule is CCCCCC(O)O.O=C1OCCCCOC(=O)c2ccc1cc2. The van der Waals surface area contributed by atoms with E-state index >= 15 is 0 Å². The molecule has 0 aliphatic carbocycles. The first-order chi connectivity index (χ1) is 11.5. The van der Waals surface area contributed by atoms with Gasteiger partial charge in [-0.05, 0) is 49.9 Å². The molecule has 0 atom stereocenters. The van der Waals surface area contributed by atoms with E-state index in [1.807, 2.05) is 0 Å². The van der Waals surface area contributed by atoms with Crippen LogP contribution < -0.4 is 0 Å². The Morgan fingerprint density at radius 2 is 1.38 bits per heavy atom. The molecule has 0 fully saturated rings. The van der Waals surface area contributed by atoms with Crippen molar-refractivity contribution in [3.8, 4) is 0 Å². The summed E-state index contributed by atoms with van der Waals surface area (Å²) in [6.07, 6.45) is 3.98. The van der Waals surface area contributed by atoms with E-state index in [-0.39, 0.29) is 11.9 Å². The molecule has 3 rings (SSSR count). The number of fused-ring (bicyclic) bond motifs is 9. The van der Waals surface area contributed by atoms with Crippen LogP contribution in [0.3, 0.4) is 0 Å². The lowest BCUT2D eigenvalue weighted by molar-refractivity contribution is -0.0465. The van der Waals surface area contributed by atoms with Crippen molar-refractivity contribution in [1.29, 1.82) is 0 Å². The molecule has 24 heavy (non-hydrogen) atoms. The third-order valence-electron chi connectivity index (χ3n) is 3.43. The lowest BCUT2D eigenvalue weighted by Crippen LogP contribution is -2.12. The molecule has 2 bridgehead atoms. The monoisotopic (exact) mass is 338 g/mol. The highest BCUT2D eigenvalue weighted by atomic mass is 16.5. The minimum Gasteiger partial charge on any atom is -0.462 e. The van der Waals surface area contributed by atoms with Crippen LogP contribution in [0.4, 0.5) is 0 Å². The van der Waals surface area contributed by atoms with E-state index in [0.29, 0.717) is 43.6 Å². The maximum Gasteiger partial charge on any atom is 0.338 e. The molecule has 0 saturated carbocycles. The molecule has 0 unspecified atom stereocenters. The topological polar surface area (TPSA) is 93.1 Å². The van der Waals surface area contributed by atoms with Crippen LogP contribution in [0.25, 0.3) is 0 Å². The maximum atomic E-state index is 11.5. The van der Waals surface area contributed by atoms with Gasteiger partial charge in [-0.15, -0.1) is 0 Å². The molecule has 2 heterocycles. The van der Waals surface area contributed by atoms with Gasteiger partial charge >= 0.3 is 11.9 Å². The van der Waals surface area contributed by atoms with E-state index in [0.717, 1.165) is 19.3 Å². The lowest BCUT2D eigenvalue weighted by atomic mass is 10.1. The number of aliphatic hydroxyl groups is 2. The van der Waals surface area contributed by atoms with Crippen molar-refractivity contribution in [2.45, 2.75) is 51.7 Å². The van der Waals surface area contributed by atoms with Gasteiger partial charge in [-0.25, -0.2) is 9.59 Å². The number of unbranched alkanes of at least 4 members (excludes halogenated alkanes) is 2. The molecule has 0 aromatic heterocycles. The number of hydrogen-bond donors (Lipinski definition) is 2. The van der Waals surface area contributed by atoms with Gasteiger partial charge in [0, 0.05) is 0 Å². The molecule has 1 aromatic rings. The van der Waals surface area contributed by atoms with Crippen molar-refractivity contribution in [3.05, 3.63) is 35.4 Å². The summed E-state index contributed by atoms with van der Waals surface area (Å²) in [7, 11) is 0. The molecule has 6 nitrogen and oxygen atoms in total. The van der Waals surface area contributed by atoms with Gasteiger partial charge in [0.25, 0.3) is 0 Å². The third kappa shape index (κ3) is 8.08. The van der Waals surface area contributed by atoms with E-state index in [1.54, 1.807) is 24.3 Å². The third-order valence-corrected chi connectivity index (χ3v) is 3.43. The Labute approximate surface area is 142 Å². The molecule has 2 aliphatic heterocycles. The molecule has 2 aliphatic rings. The zero-order valence-electron chi connectivity index (χ0n) is 14.1. The van der Waals surface area contributed by atoms with Crippen LogP contribution in [0, 0.1) is 0 Å². The first kappa shape index (κ1) is 20.1. The van der Waals surface area contributed by atoms with Gasteiger partial charge in [0.05, 0.1) is 24.3 Å². The Kier molecular flexibility index (Phi) is 9.72. The summed E-state index contributed by atoms with van der Waals surface area (Å²) < 4.78 is 10.1. The summed E-state index contributed by atoms with van der Waals surface area (Å²) in [4.78, 5) is 23.0. The predicted molar refractivity (Wildman–Crippen MR) is 88.6 cm³/mol. The van der Waals surface area contributed by atoms with E-state index in [4.69, 9.17) is 19.7 Å². The molecular formula is C18H26O6. The average Bonchev–Trinajstić information content (AvgIpc) is 2.57. The highest BCUT2D eigenvalue weighted by molar-refractivity contribution is 5.93. The van der Waals surface area contributed by atoms with E-state index in [1.165, 1.54) is 0 Å². The number of hydrogen-bond acceptors (Lipinski definition) is 6. The molecule has 2 N–H and O–H groups in total. The second-order valence-electron chi connectivity index (χ2n) is 5.53. The van der Waals surface area contributed by atoms with Gasteiger partial charge in [-0.2, -0.15) is 0 Å². The highest BCUT2D eigenvalue weighted by Gasteiger charge is 2.12. The number of carbonyl (C=O) groups excluding carboxylic acids is 2. The lowest BCUT2D eigenvalue weighted by Gasteiger charge is -2.09. The summed E-state index contributed by atoms with van der Waals surface area (Å²) in [6.45, 7) is 2.81. The van der Waals surface area contributed by atoms with Gasteiger partial charge in [0.15, 0.2) is 6.29 Å². The zero-order chi connectivity index (χ0) is 17.8. The summed E-state index contributed by atoms with van der Waals surface area (Å²) >= 11 is 0. The molecular weight excluding hydrogens is 312 g/mol. The van der Waals surface area contributed by atoms with E-state index in [9.17, 15) is 9.59 Å². The average molecular weight is 338 g/mol. The van der Waals surface area contributed by atoms with Crippen LogP contribution in [-0.2, 0) is 9.47 Å². The number of aliphatic hydroxyl groups excluding tert-OH is 1. The Morgan fingerprint density at radius 3 is 1.75 bits per heavy atom. The number of ether oxygens (including phenoxy) is 2. The van der Waals surface area contributed by atoms with Crippen LogP contribution in [-0.4, -0.2) is 41.7 Å². The number of benzene rings is 1. The molecule has 0 radical (unpaired) electrons. The molecule has 134 valence electrons. The first-order valence-electron chi connectivity index (χ1n) is 8.35. The number of carbonyl (C=O) groups is 2. The van der Waals surface area contributed by atoms with Crippen LogP contribution in [0.1, 0.15) is 66.2 Å². The fourth-order valence-electron chi connectivity index (χ4n) is 2.02.